The predicted molar refractivity (Wildman–Crippen MR) is 225 cm³/mol. The number of hydrogen-bond donors (Lipinski definition) is 4. The number of rotatable bonds is 39. The zero-order valence-electron chi connectivity index (χ0n) is 35.7. The number of ether oxygens (including phenoxy) is 4. The first-order valence-electron chi connectivity index (χ1n) is 22.6. The second kappa shape index (κ2) is 36.4. The van der Waals surface area contributed by atoms with E-state index in [-0.39, 0.29) is 19.6 Å². The van der Waals surface area contributed by atoms with Gasteiger partial charge in [-0.2, -0.15) is 8.42 Å². The molecule has 1 rings (SSSR count). The van der Waals surface area contributed by atoms with Crippen LogP contribution in [0.25, 0.3) is 0 Å². The van der Waals surface area contributed by atoms with Crippen LogP contribution >= 0.6 is 0 Å². The van der Waals surface area contributed by atoms with Gasteiger partial charge in [0.1, 0.15) is 30.5 Å². The Kier molecular flexibility index (Phi) is 34.3. The SMILES string of the molecule is CCC/C=C\CCCCCCCCOCC(COC1OC(CO)C(O)C(OS(=O)(=O)O)C1O)OC(=O)CCCCCCCCCCC/C=C\CCCCCCCC. The third kappa shape index (κ3) is 30.3. The van der Waals surface area contributed by atoms with E-state index < -0.39 is 59.8 Å². The summed E-state index contributed by atoms with van der Waals surface area (Å²) in [6.07, 6.45) is 30.7. The van der Waals surface area contributed by atoms with Gasteiger partial charge >= 0.3 is 16.4 Å². The van der Waals surface area contributed by atoms with Crippen molar-refractivity contribution in [2.45, 2.75) is 224 Å². The van der Waals surface area contributed by atoms with Crippen molar-refractivity contribution in [1.29, 1.82) is 0 Å². The molecule has 6 unspecified atom stereocenters. The molecule has 6 atom stereocenters. The summed E-state index contributed by atoms with van der Waals surface area (Å²) in [6, 6.07) is 0. The van der Waals surface area contributed by atoms with E-state index in [9.17, 15) is 28.5 Å². The number of unbranched alkanes of at least 4 members (excludes halogenated alkanes) is 22. The van der Waals surface area contributed by atoms with Crippen LogP contribution in [-0.2, 0) is 38.3 Å². The second-order valence-electron chi connectivity index (χ2n) is 15.6. The van der Waals surface area contributed by atoms with Crippen molar-refractivity contribution in [2.24, 2.45) is 0 Å². The molecule has 57 heavy (non-hydrogen) atoms. The lowest BCUT2D eigenvalue weighted by molar-refractivity contribution is -0.301. The molecular weight excluding hydrogens is 753 g/mol. The average Bonchev–Trinajstić information content (AvgIpc) is 3.18. The molecule has 0 aromatic carbocycles. The summed E-state index contributed by atoms with van der Waals surface area (Å²) in [5.41, 5.74) is 0. The Balaban J connectivity index is 2.40. The lowest BCUT2D eigenvalue weighted by Crippen LogP contribution is -2.60. The Hall–Kier alpha value is -1.42. The van der Waals surface area contributed by atoms with E-state index in [0.29, 0.717) is 13.0 Å². The first kappa shape index (κ1) is 53.6. The summed E-state index contributed by atoms with van der Waals surface area (Å²) in [6.45, 7) is 3.92. The summed E-state index contributed by atoms with van der Waals surface area (Å²) in [4.78, 5) is 12.8. The molecule has 1 heterocycles. The van der Waals surface area contributed by atoms with Gasteiger partial charge in [0.15, 0.2) is 6.29 Å². The van der Waals surface area contributed by atoms with Gasteiger partial charge in [0.2, 0.25) is 0 Å². The summed E-state index contributed by atoms with van der Waals surface area (Å²) in [7, 11) is -5.06. The van der Waals surface area contributed by atoms with Crippen LogP contribution in [0.4, 0.5) is 0 Å². The van der Waals surface area contributed by atoms with Crippen molar-refractivity contribution < 1.29 is 56.2 Å². The van der Waals surface area contributed by atoms with Crippen molar-refractivity contribution in [3.8, 4) is 0 Å². The van der Waals surface area contributed by atoms with Crippen molar-refractivity contribution in [3.63, 3.8) is 0 Å². The normalized spacial score (nSPS) is 20.8. The minimum Gasteiger partial charge on any atom is -0.457 e. The number of allylic oxidation sites excluding steroid dienone is 4. The van der Waals surface area contributed by atoms with Crippen LogP contribution in [0.2, 0.25) is 0 Å². The number of hydrogen-bond acceptors (Lipinski definition) is 11. The molecule has 336 valence electrons. The molecule has 0 spiro atoms. The fraction of sp³-hybridized carbons (Fsp3) is 0.886. The third-order valence-electron chi connectivity index (χ3n) is 10.3. The van der Waals surface area contributed by atoms with E-state index in [1.54, 1.807) is 0 Å². The number of esters is 1. The summed E-state index contributed by atoms with van der Waals surface area (Å²) in [5, 5.41) is 30.6. The maximum Gasteiger partial charge on any atom is 0.397 e. The maximum atomic E-state index is 12.8. The molecule has 0 amide bonds. The summed E-state index contributed by atoms with van der Waals surface area (Å²) in [5.74, 6) is -0.404. The van der Waals surface area contributed by atoms with Crippen LogP contribution in [0.15, 0.2) is 24.3 Å². The molecule has 1 aliphatic rings. The molecule has 0 aliphatic carbocycles. The van der Waals surface area contributed by atoms with Gasteiger partial charge in [0.25, 0.3) is 0 Å². The molecule has 1 saturated heterocycles. The minimum atomic E-state index is -5.06. The molecule has 0 saturated carbocycles. The molecular formula is C44H82O12S. The number of carbonyl (C=O) groups excluding carboxylic acids is 1. The molecule has 0 aromatic rings. The van der Waals surface area contributed by atoms with Crippen molar-refractivity contribution in [3.05, 3.63) is 24.3 Å². The topological polar surface area (TPSA) is 178 Å². The number of aliphatic hydroxyl groups excluding tert-OH is 3. The van der Waals surface area contributed by atoms with Crippen molar-refractivity contribution in [2.75, 3.05) is 26.4 Å². The van der Waals surface area contributed by atoms with E-state index in [2.05, 4.69) is 42.3 Å². The minimum absolute atomic E-state index is 0.0329. The largest absolute Gasteiger partial charge is 0.457 e. The smallest absolute Gasteiger partial charge is 0.397 e. The summed E-state index contributed by atoms with van der Waals surface area (Å²) >= 11 is 0. The highest BCUT2D eigenvalue weighted by atomic mass is 32.3. The van der Waals surface area contributed by atoms with Crippen LogP contribution in [0.1, 0.15) is 187 Å². The molecule has 1 aliphatic heterocycles. The van der Waals surface area contributed by atoms with E-state index in [1.807, 2.05) is 0 Å². The van der Waals surface area contributed by atoms with Gasteiger partial charge in [-0.15, -0.1) is 0 Å². The van der Waals surface area contributed by atoms with Gasteiger partial charge in [-0.1, -0.05) is 147 Å². The molecule has 12 nitrogen and oxygen atoms in total. The van der Waals surface area contributed by atoms with E-state index in [1.165, 1.54) is 109 Å². The Morgan fingerprint density at radius 2 is 1.14 bits per heavy atom. The van der Waals surface area contributed by atoms with Crippen LogP contribution in [0, 0.1) is 0 Å². The maximum absolute atomic E-state index is 12.8. The third-order valence-corrected chi connectivity index (χ3v) is 10.7. The van der Waals surface area contributed by atoms with E-state index in [4.69, 9.17) is 23.5 Å². The van der Waals surface area contributed by atoms with Gasteiger partial charge in [0, 0.05) is 13.0 Å². The Labute approximate surface area is 346 Å². The highest BCUT2D eigenvalue weighted by molar-refractivity contribution is 7.80. The molecule has 4 N–H and O–H groups in total. The van der Waals surface area contributed by atoms with Crippen LogP contribution in [0.3, 0.4) is 0 Å². The molecule has 1 fully saturated rings. The molecule has 0 radical (unpaired) electrons. The summed E-state index contributed by atoms with van der Waals surface area (Å²) < 4.78 is 59.0. The average molecular weight is 835 g/mol. The van der Waals surface area contributed by atoms with Crippen molar-refractivity contribution >= 4 is 16.4 Å². The lowest BCUT2D eigenvalue weighted by Gasteiger charge is -2.41. The molecule has 13 heteroatoms. The molecule has 0 bridgehead atoms. The van der Waals surface area contributed by atoms with Gasteiger partial charge in [-0.25, -0.2) is 4.18 Å². The van der Waals surface area contributed by atoms with Gasteiger partial charge in [-0.05, 0) is 57.8 Å². The van der Waals surface area contributed by atoms with Crippen LogP contribution in [-0.4, -0.2) is 97.5 Å². The van der Waals surface area contributed by atoms with E-state index >= 15 is 0 Å². The second-order valence-corrected chi connectivity index (χ2v) is 16.7. The Bertz CT molecular complexity index is 1100. The fourth-order valence-electron chi connectivity index (χ4n) is 6.85. The highest BCUT2D eigenvalue weighted by Crippen LogP contribution is 2.26. The predicted octanol–water partition coefficient (Wildman–Crippen LogP) is 9.24. The van der Waals surface area contributed by atoms with Crippen molar-refractivity contribution in [1.82, 2.24) is 0 Å². The van der Waals surface area contributed by atoms with Crippen LogP contribution in [0.5, 0.6) is 0 Å². The standard InChI is InChI=1S/C44H82O12S/c1-3-5-7-9-11-13-15-16-17-18-19-20-21-22-23-25-27-29-31-33-40(46)54-38(36-52-34-32-30-28-26-24-14-12-10-8-6-4-2)37-53-44-42(48)43(56-57(49,50)51)41(47)39(35-45)55-44/h8,10,16-17,38-39,41-45,47-48H,3-7,9,11-15,18-37H2,1-2H3,(H,49,50,51)/b10-8-,17-16-. The Morgan fingerprint density at radius 1 is 0.649 bits per heavy atom. The highest BCUT2D eigenvalue weighted by Gasteiger charge is 2.48. The zero-order chi connectivity index (χ0) is 41.8. The Morgan fingerprint density at radius 3 is 1.65 bits per heavy atom. The first-order valence-corrected chi connectivity index (χ1v) is 24.0. The quantitative estimate of drug-likeness (QED) is 0.0200. The number of carbonyl (C=O) groups is 1. The molecule has 0 aromatic heterocycles. The van der Waals surface area contributed by atoms with E-state index in [0.717, 1.165) is 51.4 Å². The van der Waals surface area contributed by atoms with Gasteiger partial charge in [0.05, 0.1) is 19.8 Å². The number of aliphatic hydroxyl groups is 3. The lowest BCUT2D eigenvalue weighted by atomic mass is 9.99. The zero-order valence-corrected chi connectivity index (χ0v) is 36.5. The first-order chi connectivity index (χ1) is 27.6. The van der Waals surface area contributed by atoms with Gasteiger partial charge < -0.3 is 34.3 Å². The van der Waals surface area contributed by atoms with Gasteiger partial charge in [-0.3, -0.25) is 9.35 Å². The monoisotopic (exact) mass is 835 g/mol. The van der Waals surface area contributed by atoms with Crippen LogP contribution < -0.4 is 0 Å². The fourth-order valence-corrected chi connectivity index (χ4v) is 7.35.